The van der Waals surface area contributed by atoms with Gasteiger partial charge in [-0.25, -0.2) is 4.39 Å². The van der Waals surface area contributed by atoms with E-state index in [0.717, 1.165) is 11.8 Å². The minimum Gasteiger partial charge on any atom is -0.457 e. The van der Waals surface area contributed by atoms with E-state index in [1.165, 1.54) is 6.07 Å². The van der Waals surface area contributed by atoms with Crippen LogP contribution in [0.15, 0.2) is 40.9 Å². The van der Waals surface area contributed by atoms with Crippen molar-refractivity contribution in [3.05, 3.63) is 57.8 Å². The Kier molecular flexibility index (Phi) is 3.77. The summed E-state index contributed by atoms with van der Waals surface area (Å²) in [6.07, 6.45) is 0.799. The van der Waals surface area contributed by atoms with Gasteiger partial charge in [0.2, 0.25) is 0 Å². The van der Waals surface area contributed by atoms with Crippen molar-refractivity contribution in [1.29, 1.82) is 0 Å². The van der Waals surface area contributed by atoms with Gasteiger partial charge in [0.25, 0.3) is 0 Å². The van der Waals surface area contributed by atoms with Crippen molar-refractivity contribution in [2.75, 3.05) is 0 Å². The summed E-state index contributed by atoms with van der Waals surface area (Å²) in [5.41, 5.74) is 1.46. The van der Waals surface area contributed by atoms with Crippen LogP contribution in [-0.2, 0) is 0 Å². The fraction of sp³-hybridized carbons (Fsp3) is 0.0714. The fourth-order valence-electron chi connectivity index (χ4n) is 1.52. The number of rotatable bonds is 3. The molecule has 0 N–H and O–H groups in total. The van der Waals surface area contributed by atoms with Crippen LogP contribution in [0, 0.1) is 12.7 Å². The van der Waals surface area contributed by atoms with Crippen LogP contribution in [-0.4, -0.2) is 6.29 Å². The lowest BCUT2D eigenvalue weighted by Gasteiger charge is -2.08. The number of aldehydes is 1. The van der Waals surface area contributed by atoms with Crippen molar-refractivity contribution in [2.24, 2.45) is 0 Å². The van der Waals surface area contributed by atoms with Crippen LogP contribution in [0.4, 0.5) is 4.39 Å². The highest BCUT2D eigenvalue weighted by Crippen LogP contribution is 2.27. The quantitative estimate of drug-likeness (QED) is 0.780. The second-order valence-electron chi connectivity index (χ2n) is 3.81. The molecule has 4 heteroatoms. The molecule has 0 bridgehead atoms. The third kappa shape index (κ3) is 2.76. The number of carbonyl (C=O) groups excluding carboxylic acids is 1. The molecule has 0 aliphatic heterocycles. The molecule has 0 radical (unpaired) electrons. The third-order valence-electron chi connectivity index (χ3n) is 2.50. The van der Waals surface area contributed by atoms with Crippen molar-refractivity contribution in [3.63, 3.8) is 0 Å². The SMILES string of the molecule is Cc1cc(Oc2ccc(F)c(Br)c2)ccc1C=O. The molecule has 2 aromatic carbocycles. The van der Waals surface area contributed by atoms with E-state index in [1.807, 2.05) is 6.92 Å². The van der Waals surface area contributed by atoms with E-state index >= 15 is 0 Å². The molecule has 0 fully saturated rings. The maximum atomic E-state index is 13.1. The Morgan fingerprint density at radius 2 is 1.83 bits per heavy atom. The van der Waals surface area contributed by atoms with E-state index in [2.05, 4.69) is 15.9 Å². The molecular formula is C14H10BrFO2. The van der Waals surface area contributed by atoms with Gasteiger partial charge in [-0.2, -0.15) is 0 Å². The van der Waals surface area contributed by atoms with Gasteiger partial charge in [-0.15, -0.1) is 0 Å². The van der Waals surface area contributed by atoms with Crippen molar-refractivity contribution in [2.45, 2.75) is 6.92 Å². The smallest absolute Gasteiger partial charge is 0.150 e. The van der Waals surface area contributed by atoms with Crippen molar-refractivity contribution in [1.82, 2.24) is 0 Å². The maximum absolute atomic E-state index is 13.1. The molecule has 0 unspecified atom stereocenters. The lowest BCUT2D eigenvalue weighted by molar-refractivity contribution is 0.112. The topological polar surface area (TPSA) is 26.3 Å². The first-order valence-corrected chi connectivity index (χ1v) is 6.08. The molecule has 18 heavy (non-hydrogen) atoms. The monoisotopic (exact) mass is 308 g/mol. The molecule has 0 saturated heterocycles. The van der Waals surface area contributed by atoms with Crippen LogP contribution in [0.3, 0.4) is 0 Å². The lowest BCUT2D eigenvalue weighted by Crippen LogP contribution is -1.90. The van der Waals surface area contributed by atoms with Gasteiger partial charge in [-0.3, -0.25) is 4.79 Å². The van der Waals surface area contributed by atoms with Crippen molar-refractivity contribution < 1.29 is 13.9 Å². The largest absolute Gasteiger partial charge is 0.457 e. The Balaban J connectivity index is 2.25. The molecule has 0 spiro atoms. The molecule has 0 saturated carbocycles. The number of carbonyl (C=O) groups is 1. The molecule has 0 aromatic heterocycles. The summed E-state index contributed by atoms with van der Waals surface area (Å²) in [6, 6.07) is 9.58. The Morgan fingerprint density at radius 3 is 2.44 bits per heavy atom. The second kappa shape index (κ2) is 5.31. The van der Waals surface area contributed by atoms with Gasteiger partial charge >= 0.3 is 0 Å². The van der Waals surface area contributed by atoms with E-state index in [1.54, 1.807) is 30.3 Å². The summed E-state index contributed by atoms with van der Waals surface area (Å²) < 4.78 is 19.0. The highest BCUT2D eigenvalue weighted by Gasteiger charge is 2.04. The zero-order valence-corrected chi connectivity index (χ0v) is 11.2. The standard InChI is InChI=1S/C14H10BrFO2/c1-9-6-11(3-2-10(9)8-17)18-12-4-5-14(16)13(15)7-12/h2-8H,1H3. The normalized spacial score (nSPS) is 10.2. The van der Waals surface area contributed by atoms with Gasteiger partial charge < -0.3 is 4.74 Å². The third-order valence-corrected chi connectivity index (χ3v) is 3.10. The summed E-state index contributed by atoms with van der Waals surface area (Å²) in [7, 11) is 0. The second-order valence-corrected chi connectivity index (χ2v) is 4.67. The van der Waals surface area contributed by atoms with Crippen molar-refractivity contribution >= 4 is 22.2 Å². The summed E-state index contributed by atoms with van der Waals surface area (Å²) in [5.74, 6) is 0.799. The van der Waals surface area contributed by atoms with Gasteiger partial charge in [0.05, 0.1) is 4.47 Å². The lowest BCUT2D eigenvalue weighted by atomic mass is 10.1. The molecular weight excluding hydrogens is 299 g/mol. The Morgan fingerprint density at radius 1 is 1.17 bits per heavy atom. The Labute approximate surface area is 113 Å². The summed E-state index contributed by atoms with van der Waals surface area (Å²) >= 11 is 3.10. The van der Waals surface area contributed by atoms with Crippen LogP contribution in [0.2, 0.25) is 0 Å². The minimum atomic E-state index is -0.338. The van der Waals surface area contributed by atoms with Gasteiger partial charge in [-0.1, -0.05) is 0 Å². The Bertz CT molecular complexity index is 596. The van der Waals surface area contributed by atoms with E-state index in [-0.39, 0.29) is 5.82 Å². The number of benzene rings is 2. The molecule has 0 aliphatic carbocycles. The van der Waals surface area contributed by atoms with Crippen LogP contribution < -0.4 is 4.74 Å². The summed E-state index contributed by atoms with van der Waals surface area (Å²) in [4.78, 5) is 10.7. The Hall–Kier alpha value is -1.68. The first-order chi connectivity index (χ1) is 8.60. The molecule has 0 atom stereocenters. The summed E-state index contributed by atoms with van der Waals surface area (Å²) in [5, 5.41) is 0. The van der Waals surface area contributed by atoms with E-state index in [4.69, 9.17) is 4.74 Å². The molecule has 2 nitrogen and oxygen atoms in total. The number of halogens is 2. The van der Waals surface area contributed by atoms with Gasteiger partial charge in [0.15, 0.2) is 0 Å². The van der Waals surface area contributed by atoms with Gasteiger partial charge in [0.1, 0.15) is 23.6 Å². The first-order valence-electron chi connectivity index (χ1n) is 5.29. The van der Waals surface area contributed by atoms with Crippen LogP contribution >= 0.6 is 15.9 Å². The zero-order chi connectivity index (χ0) is 13.1. The minimum absolute atomic E-state index is 0.338. The van der Waals surface area contributed by atoms with Crippen LogP contribution in [0.25, 0.3) is 0 Å². The van der Waals surface area contributed by atoms with Gasteiger partial charge in [0, 0.05) is 5.56 Å². The average Bonchev–Trinajstić information content (AvgIpc) is 2.34. The molecule has 92 valence electrons. The predicted octanol–water partition coefficient (Wildman–Crippen LogP) is 4.50. The van der Waals surface area contributed by atoms with Gasteiger partial charge in [-0.05, 0) is 64.8 Å². The van der Waals surface area contributed by atoms with E-state index in [0.29, 0.717) is 21.5 Å². The molecule has 2 aromatic rings. The highest BCUT2D eigenvalue weighted by molar-refractivity contribution is 9.10. The first kappa shape index (κ1) is 12.8. The molecule has 2 rings (SSSR count). The number of hydrogen-bond donors (Lipinski definition) is 0. The zero-order valence-electron chi connectivity index (χ0n) is 9.61. The number of ether oxygens (including phenoxy) is 1. The molecule has 0 amide bonds. The number of hydrogen-bond acceptors (Lipinski definition) is 2. The van der Waals surface area contributed by atoms with E-state index in [9.17, 15) is 9.18 Å². The van der Waals surface area contributed by atoms with Crippen LogP contribution in [0.1, 0.15) is 15.9 Å². The highest BCUT2D eigenvalue weighted by atomic mass is 79.9. The number of aryl methyl sites for hydroxylation is 1. The average molecular weight is 309 g/mol. The fourth-order valence-corrected chi connectivity index (χ4v) is 1.88. The van der Waals surface area contributed by atoms with Crippen LogP contribution in [0.5, 0.6) is 11.5 Å². The summed E-state index contributed by atoms with van der Waals surface area (Å²) in [6.45, 7) is 1.83. The molecule has 0 aliphatic rings. The maximum Gasteiger partial charge on any atom is 0.150 e. The molecule has 0 heterocycles. The predicted molar refractivity (Wildman–Crippen MR) is 70.7 cm³/mol. The van der Waals surface area contributed by atoms with Crippen molar-refractivity contribution in [3.8, 4) is 11.5 Å². The van der Waals surface area contributed by atoms with E-state index < -0.39 is 0 Å².